The van der Waals surface area contributed by atoms with Gasteiger partial charge in [-0.05, 0) is 41.8 Å². The van der Waals surface area contributed by atoms with Crippen LogP contribution in [0.1, 0.15) is 33.1 Å². The number of hydrogen-bond acceptors (Lipinski definition) is 6. The summed E-state index contributed by atoms with van der Waals surface area (Å²) >= 11 is 0. The van der Waals surface area contributed by atoms with Crippen LogP contribution < -0.4 is 10.1 Å². The number of pyridine rings is 1. The molecule has 0 fully saturated rings. The highest BCUT2D eigenvalue weighted by Crippen LogP contribution is 2.22. The molecule has 37 heavy (non-hydrogen) atoms. The van der Waals surface area contributed by atoms with Crippen LogP contribution in [-0.2, 0) is 26.1 Å². The van der Waals surface area contributed by atoms with Crippen LogP contribution in [0.15, 0.2) is 89.9 Å². The summed E-state index contributed by atoms with van der Waals surface area (Å²) in [6.07, 6.45) is 7.73. The third kappa shape index (κ3) is 6.05. The number of aromatic nitrogens is 3. The number of methoxy groups -OCH3 is 1. The fourth-order valence-electron chi connectivity index (χ4n) is 4.36. The number of hydrogen-bond donors (Lipinski definition) is 2. The van der Waals surface area contributed by atoms with Crippen LogP contribution in [0.5, 0.6) is 5.75 Å². The number of nitrogens with one attached hydrogen (secondary N) is 2. The Morgan fingerprint density at radius 1 is 1.03 bits per heavy atom. The number of para-hydroxylation sites is 2. The van der Waals surface area contributed by atoms with Gasteiger partial charge in [0.25, 0.3) is 5.91 Å². The van der Waals surface area contributed by atoms with Crippen molar-refractivity contribution in [1.29, 1.82) is 0 Å². The number of carbonyl (C=O) groups excluding carboxylic acids is 1. The molecule has 0 aliphatic rings. The highest BCUT2D eigenvalue weighted by atomic mass is 16.5. The van der Waals surface area contributed by atoms with Crippen LogP contribution in [0.4, 0.5) is 0 Å². The summed E-state index contributed by atoms with van der Waals surface area (Å²) < 4.78 is 11.3. The second-order valence-electron chi connectivity index (χ2n) is 8.80. The predicted molar refractivity (Wildman–Crippen MR) is 141 cm³/mol. The summed E-state index contributed by atoms with van der Waals surface area (Å²) in [5, 5.41) is 4.10. The lowest BCUT2D eigenvalue weighted by Crippen LogP contribution is -2.26. The van der Waals surface area contributed by atoms with Gasteiger partial charge in [-0.2, -0.15) is 0 Å². The highest BCUT2D eigenvalue weighted by molar-refractivity contribution is 5.91. The van der Waals surface area contributed by atoms with Gasteiger partial charge in [0.1, 0.15) is 12.0 Å². The van der Waals surface area contributed by atoms with E-state index in [-0.39, 0.29) is 11.6 Å². The zero-order valence-electron chi connectivity index (χ0n) is 20.7. The summed E-state index contributed by atoms with van der Waals surface area (Å²) in [6, 6.07) is 20.0. The average Bonchev–Trinajstić information content (AvgIpc) is 3.58. The van der Waals surface area contributed by atoms with E-state index in [1.54, 1.807) is 19.5 Å². The number of fused-ring (bicyclic) bond motifs is 1. The van der Waals surface area contributed by atoms with E-state index in [1.165, 1.54) is 17.2 Å². The van der Waals surface area contributed by atoms with Crippen molar-refractivity contribution in [3.05, 3.63) is 114 Å². The van der Waals surface area contributed by atoms with E-state index in [2.05, 4.69) is 55.6 Å². The molecule has 5 rings (SSSR count). The van der Waals surface area contributed by atoms with Crippen molar-refractivity contribution < 1.29 is 13.9 Å². The largest absolute Gasteiger partial charge is 0.496 e. The van der Waals surface area contributed by atoms with Gasteiger partial charge in [0, 0.05) is 54.7 Å². The summed E-state index contributed by atoms with van der Waals surface area (Å²) in [6.45, 7) is 2.27. The number of aromatic amines is 1. The second-order valence-corrected chi connectivity index (χ2v) is 8.80. The minimum atomic E-state index is -0.276. The number of oxazole rings is 1. The Bertz CT molecular complexity index is 1460. The molecular formula is C29H29N5O3. The molecule has 0 aliphatic carbocycles. The first-order chi connectivity index (χ1) is 18.2. The standard InChI is InChI=1S/C29H29N5O3/c1-36-27-9-5-2-6-23(27)18-34(15-12-22-17-31-25-8-4-3-7-24(22)25)19-28-33-26(20-37-28)29(35)32-16-21-10-13-30-14-11-21/h2-11,13-14,17,20,31H,12,15-16,18-19H2,1H3,(H,32,35). The van der Waals surface area contributed by atoms with E-state index < -0.39 is 0 Å². The van der Waals surface area contributed by atoms with Gasteiger partial charge in [-0.3, -0.25) is 14.7 Å². The van der Waals surface area contributed by atoms with E-state index >= 15 is 0 Å². The molecule has 0 aliphatic heterocycles. The first kappa shape index (κ1) is 24.3. The van der Waals surface area contributed by atoms with E-state index in [0.717, 1.165) is 35.4 Å². The molecule has 0 saturated heterocycles. The molecule has 2 aromatic carbocycles. The molecule has 0 radical (unpaired) electrons. The van der Waals surface area contributed by atoms with Gasteiger partial charge < -0.3 is 19.5 Å². The molecule has 3 aromatic heterocycles. The number of nitrogens with zero attached hydrogens (tertiary/aromatic N) is 3. The molecule has 8 heteroatoms. The van der Waals surface area contributed by atoms with Crippen LogP contribution >= 0.6 is 0 Å². The minimum Gasteiger partial charge on any atom is -0.496 e. The fraction of sp³-hybridized carbons (Fsp3) is 0.207. The Labute approximate surface area is 215 Å². The van der Waals surface area contributed by atoms with Crippen molar-refractivity contribution in [2.24, 2.45) is 0 Å². The number of benzene rings is 2. The third-order valence-corrected chi connectivity index (χ3v) is 6.30. The lowest BCUT2D eigenvalue weighted by Gasteiger charge is -2.22. The van der Waals surface area contributed by atoms with E-state index in [0.29, 0.717) is 25.5 Å². The van der Waals surface area contributed by atoms with Gasteiger partial charge in [0.05, 0.1) is 13.7 Å². The summed E-state index contributed by atoms with van der Waals surface area (Å²) in [5.41, 5.74) is 4.68. The highest BCUT2D eigenvalue weighted by Gasteiger charge is 2.17. The van der Waals surface area contributed by atoms with Crippen LogP contribution in [0, 0.1) is 0 Å². The van der Waals surface area contributed by atoms with Crippen LogP contribution in [-0.4, -0.2) is 39.4 Å². The van der Waals surface area contributed by atoms with E-state index in [9.17, 15) is 4.79 Å². The first-order valence-electron chi connectivity index (χ1n) is 12.2. The maximum Gasteiger partial charge on any atom is 0.273 e. The molecule has 0 unspecified atom stereocenters. The molecule has 1 amide bonds. The lowest BCUT2D eigenvalue weighted by molar-refractivity contribution is 0.0945. The van der Waals surface area contributed by atoms with Crippen molar-refractivity contribution >= 4 is 16.8 Å². The topological polar surface area (TPSA) is 96.3 Å². The second kappa shape index (κ2) is 11.5. The molecule has 0 atom stereocenters. The van der Waals surface area contributed by atoms with Crippen LogP contribution in [0.2, 0.25) is 0 Å². The Morgan fingerprint density at radius 3 is 2.70 bits per heavy atom. The Morgan fingerprint density at radius 2 is 1.84 bits per heavy atom. The van der Waals surface area contributed by atoms with Crippen molar-refractivity contribution in [2.75, 3.05) is 13.7 Å². The monoisotopic (exact) mass is 495 g/mol. The van der Waals surface area contributed by atoms with Crippen molar-refractivity contribution in [1.82, 2.24) is 25.2 Å². The normalized spacial score (nSPS) is 11.2. The van der Waals surface area contributed by atoms with Gasteiger partial charge in [-0.15, -0.1) is 0 Å². The van der Waals surface area contributed by atoms with Crippen molar-refractivity contribution in [2.45, 2.75) is 26.1 Å². The Hall–Kier alpha value is -4.43. The van der Waals surface area contributed by atoms with E-state index in [4.69, 9.17) is 9.15 Å². The molecule has 0 bridgehead atoms. The average molecular weight is 496 g/mol. The van der Waals surface area contributed by atoms with E-state index in [1.807, 2.05) is 36.4 Å². The lowest BCUT2D eigenvalue weighted by atomic mass is 10.1. The number of amides is 1. The van der Waals surface area contributed by atoms with Gasteiger partial charge in [-0.25, -0.2) is 4.98 Å². The predicted octanol–water partition coefficient (Wildman–Crippen LogP) is 4.73. The summed E-state index contributed by atoms with van der Waals surface area (Å²) in [7, 11) is 1.68. The minimum absolute atomic E-state index is 0.262. The van der Waals surface area contributed by atoms with Gasteiger partial charge in [-0.1, -0.05) is 36.4 Å². The molecule has 0 saturated carbocycles. The smallest absolute Gasteiger partial charge is 0.273 e. The van der Waals surface area contributed by atoms with Crippen molar-refractivity contribution in [3.63, 3.8) is 0 Å². The van der Waals surface area contributed by atoms with Crippen LogP contribution in [0.25, 0.3) is 10.9 Å². The molecule has 2 N–H and O–H groups in total. The zero-order valence-corrected chi connectivity index (χ0v) is 20.7. The summed E-state index contributed by atoms with van der Waals surface area (Å²) in [4.78, 5) is 26.7. The quantitative estimate of drug-likeness (QED) is 0.275. The number of carbonyl (C=O) groups is 1. The first-order valence-corrected chi connectivity index (χ1v) is 12.2. The molecule has 8 nitrogen and oxygen atoms in total. The Balaban J connectivity index is 1.29. The maximum absolute atomic E-state index is 12.6. The third-order valence-electron chi connectivity index (χ3n) is 6.30. The Kier molecular flexibility index (Phi) is 7.57. The fourth-order valence-corrected chi connectivity index (χ4v) is 4.36. The molecule has 188 valence electrons. The summed E-state index contributed by atoms with van der Waals surface area (Å²) in [5.74, 6) is 1.05. The molecule has 5 aromatic rings. The van der Waals surface area contributed by atoms with Crippen LogP contribution in [0.3, 0.4) is 0 Å². The van der Waals surface area contributed by atoms with Gasteiger partial charge >= 0.3 is 0 Å². The molecular weight excluding hydrogens is 466 g/mol. The molecule has 0 spiro atoms. The van der Waals surface area contributed by atoms with Crippen molar-refractivity contribution in [3.8, 4) is 5.75 Å². The maximum atomic E-state index is 12.6. The SMILES string of the molecule is COc1ccccc1CN(CCc1c[nH]c2ccccc12)Cc1nc(C(=O)NCc2ccncc2)co1. The number of rotatable bonds is 11. The van der Waals surface area contributed by atoms with Gasteiger partial charge in [0.2, 0.25) is 5.89 Å². The number of H-pyrrole nitrogens is 1. The number of ether oxygens (including phenoxy) is 1. The zero-order chi connectivity index (χ0) is 25.5. The van der Waals surface area contributed by atoms with Gasteiger partial charge in [0.15, 0.2) is 5.69 Å². The molecule has 3 heterocycles.